The molecule has 2 aliphatic rings. The number of nitrogens with zero attached hydrogens (tertiary/aromatic N) is 2. The van der Waals surface area contributed by atoms with Crippen LogP contribution >= 0.6 is 22.6 Å². The summed E-state index contributed by atoms with van der Waals surface area (Å²) in [5, 5.41) is 6.34. The first-order chi connectivity index (χ1) is 16.5. The Balaban J connectivity index is 1.29. The molecular formula is C25H26FIN4O3. The van der Waals surface area contributed by atoms with E-state index >= 15 is 0 Å². The molecule has 7 nitrogen and oxygen atoms in total. The second-order valence-electron chi connectivity index (χ2n) is 7.98. The Bertz CT molecular complexity index is 1150. The Morgan fingerprint density at radius 3 is 2.97 bits per heavy atom. The van der Waals surface area contributed by atoms with Crippen LogP contribution in [0.25, 0.3) is 0 Å². The van der Waals surface area contributed by atoms with Crippen LogP contribution in [-0.4, -0.2) is 60.4 Å². The van der Waals surface area contributed by atoms with E-state index in [1.54, 1.807) is 12.1 Å². The van der Waals surface area contributed by atoms with Gasteiger partial charge in [-0.2, -0.15) is 4.39 Å². The van der Waals surface area contributed by atoms with Crippen molar-refractivity contribution in [1.29, 1.82) is 0 Å². The molecule has 0 radical (unpaired) electrons. The Kier molecular flexibility index (Phi) is 7.94. The zero-order valence-electron chi connectivity index (χ0n) is 18.8. The van der Waals surface area contributed by atoms with Gasteiger partial charge in [-0.25, -0.2) is 4.98 Å². The molecule has 1 amide bonds. The molecule has 1 aliphatic heterocycles. The number of Topliss-reactive ketones (excluding diaryl/α,β-unsaturated/α-hetero) is 1. The van der Waals surface area contributed by atoms with E-state index in [1.807, 2.05) is 37.3 Å². The predicted molar refractivity (Wildman–Crippen MR) is 136 cm³/mol. The average molecular weight is 576 g/mol. The predicted octanol–water partition coefficient (Wildman–Crippen LogP) is 3.58. The number of benzene rings is 1. The van der Waals surface area contributed by atoms with Crippen LogP contribution in [0.4, 0.5) is 10.1 Å². The first-order valence-electron chi connectivity index (χ1n) is 11.2. The van der Waals surface area contributed by atoms with Crippen LogP contribution in [0.15, 0.2) is 59.8 Å². The molecule has 4 rings (SSSR count). The van der Waals surface area contributed by atoms with Gasteiger partial charge in [-0.1, -0.05) is 19.1 Å². The lowest BCUT2D eigenvalue weighted by Gasteiger charge is -2.32. The van der Waals surface area contributed by atoms with Crippen LogP contribution in [0, 0.1) is 9.52 Å². The summed E-state index contributed by atoms with van der Waals surface area (Å²) in [4.78, 5) is 31.7. The molecule has 1 aliphatic carbocycles. The molecule has 9 heteroatoms. The number of ether oxygens (including phenoxy) is 1. The van der Waals surface area contributed by atoms with Crippen molar-refractivity contribution in [3.8, 4) is 5.75 Å². The van der Waals surface area contributed by atoms with Crippen molar-refractivity contribution < 1.29 is 18.7 Å². The molecule has 2 aromatic rings. The third-order valence-electron chi connectivity index (χ3n) is 5.90. The lowest BCUT2D eigenvalue weighted by atomic mass is 9.83. The van der Waals surface area contributed by atoms with Crippen LogP contribution in [0.3, 0.4) is 0 Å². The molecule has 34 heavy (non-hydrogen) atoms. The average Bonchev–Trinajstić information content (AvgIpc) is 2.84. The number of pyridine rings is 1. The number of hydrogen-bond donors (Lipinski definition) is 2. The van der Waals surface area contributed by atoms with Crippen LogP contribution in [0.1, 0.15) is 23.7 Å². The van der Waals surface area contributed by atoms with Crippen molar-refractivity contribution in [2.75, 3.05) is 38.1 Å². The number of aromatic nitrogens is 1. The molecule has 1 unspecified atom stereocenters. The van der Waals surface area contributed by atoms with Crippen molar-refractivity contribution >= 4 is 40.0 Å². The second kappa shape index (κ2) is 11.1. The third kappa shape index (κ3) is 5.47. The van der Waals surface area contributed by atoms with E-state index < -0.39 is 12.0 Å². The maximum Gasteiger partial charge on any atom is 0.255 e. The number of likely N-dealkylation sites (N-methyl/N-ethyl adjacent to an activating group) is 1. The van der Waals surface area contributed by atoms with Gasteiger partial charge in [-0.05, 0) is 65.9 Å². The molecule has 2 N–H and O–H groups in total. The van der Waals surface area contributed by atoms with E-state index in [1.165, 1.54) is 6.20 Å². The van der Waals surface area contributed by atoms with Crippen molar-refractivity contribution in [1.82, 2.24) is 15.2 Å². The van der Waals surface area contributed by atoms with Gasteiger partial charge in [0.05, 0.1) is 6.04 Å². The van der Waals surface area contributed by atoms with Crippen LogP contribution in [0.5, 0.6) is 5.75 Å². The highest BCUT2D eigenvalue weighted by atomic mass is 127. The molecule has 1 atom stereocenters. The number of carbonyl (C=O) groups excluding carboxylic acids is 2. The first-order valence-corrected chi connectivity index (χ1v) is 12.3. The minimum atomic E-state index is -0.626. The van der Waals surface area contributed by atoms with Gasteiger partial charge in [0, 0.05) is 51.8 Å². The molecule has 0 fully saturated rings. The maximum atomic E-state index is 13.6. The largest absolute Gasteiger partial charge is 0.487 e. The van der Waals surface area contributed by atoms with Crippen LogP contribution < -0.4 is 15.4 Å². The number of hydrogen-bond acceptors (Lipinski definition) is 6. The lowest BCUT2D eigenvalue weighted by Crippen LogP contribution is -2.43. The van der Waals surface area contributed by atoms with Gasteiger partial charge in [0.15, 0.2) is 11.5 Å². The summed E-state index contributed by atoms with van der Waals surface area (Å²) in [6.07, 6.45) is 5.69. The van der Waals surface area contributed by atoms with Gasteiger partial charge < -0.3 is 15.4 Å². The monoisotopic (exact) mass is 576 g/mol. The second-order valence-corrected chi connectivity index (χ2v) is 9.23. The number of allylic oxidation sites excluding steroid dienone is 2. The fraction of sp³-hybridized carbons (Fsp3) is 0.320. The van der Waals surface area contributed by atoms with Crippen LogP contribution in [0.2, 0.25) is 0 Å². The number of carbonyl (C=O) groups is 2. The summed E-state index contributed by atoms with van der Waals surface area (Å²) in [7, 11) is 0. The normalized spacial score (nSPS) is 16.7. The standard InChI is InChI=1S/C25H26FIN4O3/c1-2-31(13-14-34-21-7-4-10-28-24(21)26)12-11-29-25(33)18-6-3-5-17-22(18)30-20-9-8-16(27)15-19(20)23(17)32/h4-10,15,22,30H,2-3,11-14H2,1H3,(H,29,33). The van der Waals surface area contributed by atoms with Gasteiger partial charge >= 0.3 is 0 Å². The summed E-state index contributed by atoms with van der Waals surface area (Å²) >= 11 is 2.19. The van der Waals surface area contributed by atoms with E-state index in [0.717, 1.165) is 15.8 Å². The van der Waals surface area contributed by atoms with Crippen molar-refractivity contribution in [2.24, 2.45) is 0 Å². The Hall–Kier alpha value is -2.79. The summed E-state index contributed by atoms with van der Waals surface area (Å²) in [6, 6.07) is 8.41. The maximum absolute atomic E-state index is 13.6. The first kappa shape index (κ1) is 24.3. The number of nitrogens with one attached hydrogen (secondary N) is 2. The van der Waals surface area contributed by atoms with E-state index in [9.17, 15) is 14.0 Å². The number of anilines is 1. The Labute approximate surface area is 211 Å². The van der Waals surface area contributed by atoms with Gasteiger partial charge in [-0.3, -0.25) is 14.5 Å². The zero-order chi connectivity index (χ0) is 24.1. The number of fused-ring (bicyclic) bond motifs is 2. The highest BCUT2D eigenvalue weighted by Gasteiger charge is 2.35. The Morgan fingerprint density at radius 2 is 2.18 bits per heavy atom. The minimum absolute atomic E-state index is 0.0297. The van der Waals surface area contributed by atoms with Crippen molar-refractivity contribution in [2.45, 2.75) is 19.4 Å². The number of ketones is 1. The molecule has 0 saturated carbocycles. The summed E-state index contributed by atoms with van der Waals surface area (Å²) in [5.41, 5.74) is 2.57. The van der Waals surface area contributed by atoms with E-state index in [4.69, 9.17) is 4.74 Å². The van der Waals surface area contributed by atoms with Crippen LogP contribution in [-0.2, 0) is 4.79 Å². The van der Waals surface area contributed by atoms with Crippen molar-refractivity contribution in [3.05, 3.63) is 74.9 Å². The molecule has 1 aromatic carbocycles. The highest BCUT2D eigenvalue weighted by molar-refractivity contribution is 14.1. The van der Waals surface area contributed by atoms with Gasteiger partial charge in [-0.15, -0.1) is 0 Å². The van der Waals surface area contributed by atoms with Gasteiger partial charge in [0.25, 0.3) is 5.95 Å². The van der Waals surface area contributed by atoms with E-state index in [2.05, 4.69) is 43.1 Å². The molecule has 0 saturated heterocycles. The lowest BCUT2D eigenvalue weighted by molar-refractivity contribution is -0.117. The van der Waals surface area contributed by atoms with E-state index in [0.29, 0.717) is 49.4 Å². The fourth-order valence-electron chi connectivity index (χ4n) is 4.08. The topological polar surface area (TPSA) is 83.6 Å². The fourth-order valence-corrected chi connectivity index (χ4v) is 4.57. The summed E-state index contributed by atoms with van der Waals surface area (Å²) < 4.78 is 20.0. The van der Waals surface area contributed by atoms with Gasteiger partial charge in [0.2, 0.25) is 5.91 Å². The smallest absolute Gasteiger partial charge is 0.255 e. The van der Waals surface area contributed by atoms with E-state index in [-0.39, 0.29) is 17.4 Å². The number of rotatable bonds is 9. The molecule has 178 valence electrons. The molecule has 0 spiro atoms. The SMILES string of the molecule is CCN(CCNC(=O)C1=CCC=C2C(=O)c3cc(I)ccc3NC12)CCOc1cccnc1F. The zero-order valence-corrected chi connectivity index (χ0v) is 21.0. The summed E-state index contributed by atoms with van der Waals surface area (Å²) in [5.74, 6) is -0.711. The minimum Gasteiger partial charge on any atom is -0.487 e. The third-order valence-corrected chi connectivity index (χ3v) is 6.57. The van der Waals surface area contributed by atoms with Crippen molar-refractivity contribution in [3.63, 3.8) is 0 Å². The molecule has 0 bridgehead atoms. The van der Waals surface area contributed by atoms with Gasteiger partial charge in [0.1, 0.15) is 6.61 Å². The molecule has 1 aromatic heterocycles. The number of halogens is 2. The highest BCUT2D eigenvalue weighted by Crippen LogP contribution is 2.34. The summed E-state index contributed by atoms with van der Waals surface area (Å²) in [6.45, 7) is 4.75. The Morgan fingerprint density at radius 1 is 1.32 bits per heavy atom. The molecular weight excluding hydrogens is 550 g/mol. The molecule has 2 heterocycles. The quantitative estimate of drug-likeness (QED) is 0.351. The number of amides is 1.